The number of furan rings is 1. The van der Waals surface area contributed by atoms with E-state index in [0.29, 0.717) is 33.5 Å². The van der Waals surface area contributed by atoms with Crippen LogP contribution in [0, 0.1) is 20.8 Å². The van der Waals surface area contributed by atoms with Gasteiger partial charge in [-0.2, -0.15) is 0 Å². The lowest BCUT2D eigenvalue weighted by atomic mass is 9.95. The van der Waals surface area contributed by atoms with E-state index in [2.05, 4.69) is 4.98 Å². The molecule has 2 aromatic heterocycles. The topological polar surface area (TPSA) is 63.3 Å². The molecule has 3 aromatic rings. The van der Waals surface area contributed by atoms with E-state index in [0.717, 1.165) is 11.1 Å². The van der Waals surface area contributed by atoms with Gasteiger partial charge >= 0.3 is 5.97 Å². The highest BCUT2D eigenvalue weighted by atomic mass is 16.4. The van der Waals surface area contributed by atoms with Crippen LogP contribution >= 0.6 is 0 Å². The van der Waals surface area contributed by atoms with Crippen molar-refractivity contribution < 1.29 is 14.3 Å². The van der Waals surface area contributed by atoms with E-state index in [4.69, 9.17) is 4.42 Å². The van der Waals surface area contributed by atoms with E-state index in [1.807, 2.05) is 26.0 Å². The predicted molar refractivity (Wildman–Crippen MR) is 80.6 cm³/mol. The third kappa shape index (κ3) is 2.00. The number of carbonyl (C=O) groups is 1. The van der Waals surface area contributed by atoms with Crippen molar-refractivity contribution in [1.82, 2.24) is 4.98 Å². The Bertz CT molecular complexity index is 848. The molecule has 0 spiro atoms. The van der Waals surface area contributed by atoms with Gasteiger partial charge in [0.2, 0.25) is 0 Å². The summed E-state index contributed by atoms with van der Waals surface area (Å²) in [7, 11) is 0. The first-order chi connectivity index (χ1) is 10.0. The predicted octanol–water partition coefficient (Wildman–Crippen LogP) is 4.12. The first-order valence-corrected chi connectivity index (χ1v) is 6.68. The molecule has 1 N–H and O–H groups in total. The molecule has 0 bridgehead atoms. The summed E-state index contributed by atoms with van der Waals surface area (Å²) < 4.78 is 5.40. The number of rotatable bonds is 2. The van der Waals surface area contributed by atoms with Gasteiger partial charge < -0.3 is 9.52 Å². The van der Waals surface area contributed by atoms with E-state index in [9.17, 15) is 9.90 Å². The van der Waals surface area contributed by atoms with Crippen LogP contribution in [0.25, 0.3) is 22.4 Å². The molecule has 0 unspecified atom stereocenters. The molecular weight excluding hydrogens is 266 g/mol. The molecule has 0 aliphatic heterocycles. The van der Waals surface area contributed by atoms with Crippen molar-refractivity contribution in [3.63, 3.8) is 0 Å². The summed E-state index contributed by atoms with van der Waals surface area (Å²) in [6.07, 6.45) is 1.56. The van der Waals surface area contributed by atoms with Crippen LogP contribution in [0.15, 0.2) is 34.9 Å². The number of carboxylic acid groups (broad SMARTS) is 1. The average Bonchev–Trinajstić information content (AvgIpc) is 2.96. The van der Waals surface area contributed by atoms with Crippen LogP contribution in [-0.2, 0) is 0 Å². The van der Waals surface area contributed by atoms with Crippen LogP contribution in [0.4, 0.5) is 0 Å². The number of fused-ring (bicyclic) bond motifs is 1. The molecule has 0 atom stereocenters. The van der Waals surface area contributed by atoms with Gasteiger partial charge in [-0.05, 0) is 49.6 Å². The number of benzene rings is 1. The maximum absolute atomic E-state index is 11.8. The highest BCUT2D eigenvalue weighted by Crippen LogP contribution is 2.32. The second-order valence-electron chi connectivity index (χ2n) is 5.17. The summed E-state index contributed by atoms with van der Waals surface area (Å²) >= 11 is 0. The summed E-state index contributed by atoms with van der Waals surface area (Å²) in [5.74, 6) is -0.362. The molecule has 4 heteroatoms. The van der Waals surface area contributed by atoms with Crippen molar-refractivity contribution in [3.05, 3.63) is 52.8 Å². The number of hydrogen-bond donors (Lipinski definition) is 1. The van der Waals surface area contributed by atoms with Gasteiger partial charge in [0.1, 0.15) is 5.69 Å². The van der Waals surface area contributed by atoms with Crippen LogP contribution in [0.5, 0.6) is 0 Å². The van der Waals surface area contributed by atoms with Crippen molar-refractivity contribution in [1.29, 1.82) is 0 Å². The van der Waals surface area contributed by atoms with E-state index in [1.165, 1.54) is 0 Å². The number of aromatic carboxylic acids is 1. The van der Waals surface area contributed by atoms with Gasteiger partial charge in [0.05, 0.1) is 17.3 Å². The van der Waals surface area contributed by atoms with Crippen molar-refractivity contribution in [2.24, 2.45) is 0 Å². The third-order valence-electron chi connectivity index (χ3n) is 3.76. The first-order valence-electron chi connectivity index (χ1n) is 6.68. The summed E-state index contributed by atoms with van der Waals surface area (Å²) in [6, 6.07) is 7.44. The maximum atomic E-state index is 11.8. The molecule has 0 aliphatic rings. The lowest BCUT2D eigenvalue weighted by Crippen LogP contribution is -2.06. The van der Waals surface area contributed by atoms with Gasteiger partial charge in [-0.25, -0.2) is 9.78 Å². The summed E-state index contributed by atoms with van der Waals surface area (Å²) in [5.41, 5.74) is 4.08. The number of pyridine rings is 1. The summed E-state index contributed by atoms with van der Waals surface area (Å²) in [4.78, 5) is 16.4. The zero-order valence-electron chi connectivity index (χ0n) is 12.1. The van der Waals surface area contributed by atoms with E-state index in [1.54, 1.807) is 25.3 Å². The van der Waals surface area contributed by atoms with Crippen LogP contribution < -0.4 is 0 Å². The van der Waals surface area contributed by atoms with Crippen molar-refractivity contribution >= 4 is 16.9 Å². The molecule has 4 nitrogen and oxygen atoms in total. The van der Waals surface area contributed by atoms with E-state index >= 15 is 0 Å². The Kier molecular flexibility index (Phi) is 3.01. The minimum atomic E-state index is -0.943. The van der Waals surface area contributed by atoms with Crippen molar-refractivity contribution in [2.75, 3.05) is 0 Å². The summed E-state index contributed by atoms with van der Waals surface area (Å²) in [5, 5.41) is 10.3. The quantitative estimate of drug-likeness (QED) is 0.767. The fourth-order valence-electron chi connectivity index (χ4n) is 2.68. The second kappa shape index (κ2) is 4.74. The molecule has 0 radical (unpaired) electrons. The summed E-state index contributed by atoms with van der Waals surface area (Å²) in [6.45, 7) is 5.61. The highest BCUT2D eigenvalue weighted by molar-refractivity contribution is 6.07. The molecule has 1 aromatic carbocycles. The number of nitrogens with zero attached hydrogens (tertiary/aromatic N) is 1. The van der Waals surface area contributed by atoms with Gasteiger partial charge in [-0.3, -0.25) is 0 Å². The largest absolute Gasteiger partial charge is 0.478 e. The molecule has 0 fully saturated rings. The van der Waals surface area contributed by atoms with Crippen LogP contribution in [0.1, 0.15) is 27.0 Å². The number of aryl methyl sites for hydroxylation is 2. The normalized spacial score (nSPS) is 11.0. The van der Waals surface area contributed by atoms with Crippen molar-refractivity contribution in [3.8, 4) is 11.5 Å². The minimum Gasteiger partial charge on any atom is -0.478 e. The Morgan fingerprint density at radius 2 is 1.86 bits per heavy atom. The molecule has 106 valence electrons. The maximum Gasteiger partial charge on any atom is 0.336 e. The number of carboxylic acids is 1. The third-order valence-corrected chi connectivity index (χ3v) is 3.76. The fraction of sp³-hybridized carbons (Fsp3) is 0.176. The second-order valence-corrected chi connectivity index (χ2v) is 5.17. The number of hydrogen-bond acceptors (Lipinski definition) is 3. The van der Waals surface area contributed by atoms with Gasteiger partial charge in [0.15, 0.2) is 5.76 Å². The number of aromatic nitrogens is 1. The Hall–Kier alpha value is -2.62. The van der Waals surface area contributed by atoms with Crippen LogP contribution in [0.3, 0.4) is 0 Å². The molecule has 21 heavy (non-hydrogen) atoms. The van der Waals surface area contributed by atoms with Gasteiger partial charge in [0, 0.05) is 5.39 Å². The average molecular weight is 281 g/mol. The Labute approximate surface area is 122 Å². The molecule has 2 heterocycles. The Balaban J connectivity index is 2.52. The van der Waals surface area contributed by atoms with Crippen LogP contribution in [-0.4, -0.2) is 16.1 Å². The fourth-order valence-corrected chi connectivity index (χ4v) is 2.68. The molecule has 0 saturated carbocycles. The molecule has 0 amide bonds. The van der Waals surface area contributed by atoms with Crippen molar-refractivity contribution in [2.45, 2.75) is 20.8 Å². The lowest BCUT2D eigenvalue weighted by Gasteiger charge is -2.13. The van der Waals surface area contributed by atoms with Gasteiger partial charge in [-0.15, -0.1) is 0 Å². The van der Waals surface area contributed by atoms with Crippen LogP contribution in [0.2, 0.25) is 0 Å². The highest BCUT2D eigenvalue weighted by Gasteiger charge is 2.21. The monoisotopic (exact) mass is 281 g/mol. The zero-order chi connectivity index (χ0) is 15.1. The molecular formula is C17H15NO3. The SMILES string of the molecule is Cc1c(-c2ccco2)nc2c(C)ccc(C)c2c1C(=O)O. The molecule has 0 saturated heterocycles. The lowest BCUT2D eigenvalue weighted by molar-refractivity contribution is 0.0698. The minimum absolute atomic E-state index is 0.299. The molecule has 0 aliphatic carbocycles. The molecule has 3 rings (SSSR count). The smallest absolute Gasteiger partial charge is 0.336 e. The Morgan fingerprint density at radius 3 is 2.48 bits per heavy atom. The standard InChI is InChI=1S/C17H15NO3/c1-9-6-7-10(2)15-13(9)14(17(19)20)11(3)16(18-15)12-5-4-8-21-12/h4-8H,1-3H3,(H,19,20). The Morgan fingerprint density at radius 1 is 1.14 bits per heavy atom. The first kappa shape index (κ1) is 13.4. The van der Waals surface area contributed by atoms with Gasteiger partial charge in [-0.1, -0.05) is 12.1 Å². The van der Waals surface area contributed by atoms with E-state index in [-0.39, 0.29) is 0 Å². The van der Waals surface area contributed by atoms with E-state index < -0.39 is 5.97 Å². The van der Waals surface area contributed by atoms with Gasteiger partial charge in [0.25, 0.3) is 0 Å². The zero-order valence-corrected chi connectivity index (χ0v) is 12.1.